The normalized spacial score (nSPS) is 12.1. The van der Waals surface area contributed by atoms with E-state index in [-0.39, 0.29) is 23.3 Å². The molecule has 1 aromatic heterocycles. The molecule has 1 aromatic carbocycles. The number of Topliss-reactive ketones (excluding diaryl/α,β-unsaturated/α-hetero) is 1. The Morgan fingerprint density at radius 1 is 1.23 bits per heavy atom. The molecule has 6 nitrogen and oxygen atoms in total. The van der Waals surface area contributed by atoms with Crippen molar-refractivity contribution in [2.45, 2.75) is 6.92 Å². The Hall–Kier alpha value is -2.60. The van der Waals surface area contributed by atoms with Crippen LogP contribution in [0.25, 0.3) is 0 Å². The van der Waals surface area contributed by atoms with E-state index in [4.69, 9.17) is 21.1 Å². The summed E-state index contributed by atoms with van der Waals surface area (Å²) in [5, 5.41) is 2.75. The van der Waals surface area contributed by atoms with Crippen LogP contribution in [0.2, 0.25) is 5.15 Å². The van der Waals surface area contributed by atoms with E-state index in [0.717, 1.165) is 0 Å². The number of ether oxygens (including phenoxy) is 2. The topological polar surface area (TPSA) is 77.5 Å². The summed E-state index contributed by atoms with van der Waals surface area (Å²) in [6.07, 6.45) is 1.49. The van der Waals surface area contributed by atoms with Gasteiger partial charge in [-0.25, -0.2) is 4.98 Å². The highest BCUT2D eigenvalue weighted by Crippen LogP contribution is 2.37. The number of nitrogens with one attached hydrogen (secondary N) is 1. The van der Waals surface area contributed by atoms with Gasteiger partial charge < -0.3 is 14.8 Å². The molecular weight excluding hydrogens is 308 g/mol. The lowest BCUT2D eigenvalue weighted by atomic mass is 10.1. The van der Waals surface area contributed by atoms with Crippen molar-refractivity contribution in [3.05, 3.63) is 46.7 Å². The standard InChI is InChI=1S/C15H11ClN2O4/c1-8(19)10-5-12-13(22-7-21-12)6-11(10)18-15(20)9-3-2-4-17-14(9)16/h2-6H,7H2,1H3,(H,18,20). The van der Waals surface area contributed by atoms with Crippen LogP contribution in [0.1, 0.15) is 27.6 Å². The Bertz CT molecular complexity index is 776. The maximum absolute atomic E-state index is 12.3. The van der Waals surface area contributed by atoms with Crippen LogP contribution in [0.3, 0.4) is 0 Å². The Morgan fingerprint density at radius 2 is 1.95 bits per heavy atom. The summed E-state index contributed by atoms with van der Waals surface area (Å²) in [5.41, 5.74) is 0.885. The van der Waals surface area contributed by atoms with Gasteiger partial charge in [-0.15, -0.1) is 0 Å². The number of hydrogen-bond acceptors (Lipinski definition) is 5. The molecule has 0 saturated heterocycles. The van der Waals surface area contributed by atoms with Crippen LogP contribution in [0, 0.1) is 0 Å². The number of hydrogen-bond donors (Lipinski definition) is 1. The van der Waals surface area contributed by atoms with Crippen LogP contribution in [0.4, 0.5) is 5.69 Å². The van der Waals surface area contributed by atoms with Crippen LogP contribution in [-0.4, -0.2) is 23.5 Å². The first-order valence-corrected chi connectivity index (χ1v) is 6.80. The van der Waals surface area contributed by atoms with Crippen molar-refractivity contribution in [3.63, 3.8) is 0 Å². The molecule has 22 heavy (non-hydrogen) atoms. The fraction of sp³-hybridized carbons (Fsp3) is 0.133. The number of ketones is 1. The molecule has 1 aliphatic heterocycles. The molecule has 112 valence electrons. The Labute approximate surface area is 131 Å². The van der Waals surface area contributed by atoms with Crippen molar-refractivity contribution < 1.29 is 19.1 Å². The van der Waals surface area contributed by atoms with E-state index in [0.29, 0.717) is 22.7 Å². The van der Waals surface area contributed by atoms with Gasteiger partial charge in [0.05, 0.1) is 11.3 Å². The van der Waals surface area contributed by atoms with Gasteiger partial charge in [0.2, 0.25) is 6.79 Å². The molecule has 1 N–H and O–H groups in total. The number of amides is 1. The molecule has 3 rings (SSSR count). The minimum Gasteiger partial charge on any atom is -0.454 e. The summed E-state index contributed by atoms with van der Waals surface area (Å²) in [7, 11) is 0. The Balaban J connectivity index is 1.97. The fourth-order valence-electron chi connectivity index (χ4n) is 2.08. The zero-order valence-electron chi connectivity index (χ0n) is 11.6. The van der Waals surface area contributed by atoms with Gasteiger partial charge in [0.25, 0.3) is 5.91 Å². The van der Waals surface area contributed by atoms with Gasteiger partial charge in [-0.1, -0.05) is 11.6 Å². The van der Waals surface area contributed by atoms with E-state index in [1.54, 1.807) is 24.3 Å². The van der Waals surface area contributed by atoms with E-state index in [9.17, 15) is 9.59 Å². The van der Waals surface area contributed by atoms with Gasteiger partial charge in [-0.05, 0) is 25.1 Å². The van der Waals surface area contributed by atoms with E-state index in [1.807, 2.05) is 0 Å². The van der Waals surface area contributed by atoms with Crippen molar-refractivity contribution in [1.29, 1.82) is 0 Å². The molecule has 2 aromatic rings. The average Bonchev–Trinajstić information content (AvgIpc) is 2.93. The number of carbonyl (C=O) groups excluding carboxylic acids is 2. The lowest BCUT2D eigenvalue weighted by Crippen LogP contribution is -2.15. The molecule has 0 aliphatic carbocycles. The maximum atomic E-state index is 12.3. The number of halogens is 1. The minimum absolute atomic E-state index is 0.0819. The summed E-state index contributed by atoms with van der Waals surface area (Å²) in [6.45, 7) is 1.49. The minimum atomic E-state index is -0.459. The van der Waals surface area contributed by atoms with Gasteiger partial charge >= 0.3 is 0 Å². The lowest BCUT2D eigenvalue weighted by molar-refractivity contribution is 0.101. The molecule has 7 heteroatoms. The zero-order valence-corrected chi connectivity index (χ0v) is 12.3. The Morgan fingerprint density at radius 3 is 2.64 bits per heavy atom. The molecule has 1 aliphatic rings. The third-order valence-electron chi connectivity index (χ3n) is 3.14. The third kappa shape index (κ3) is 2.60. The van der Waals surface area contributed by atoms with E-state index in [2.05, 4.69) is 10.3 Å². The lowest BCUT2D eigenvalue weighted by Gasteiger charge is -2.11. The van der Waals surface area contributed by atoms with Gasteiger partial charge in [-0.3, -0.25) is 9.59 Å². The summed E-state index contributed by atoms with van der Waals surface area (Å²) < 4.78 is 10.5. The zero-order chi connectivity index (χ0) is 15.7. The number of nitrogens with zero attached hydrogens (tertiary/aromatic N) is 1. The van der Waals surface area contributed by atoms with E-state index < -0.39 is 5.91 Å². The molecule has 0 spiro atoms. The number of aromatic nitrogens is 1. The molecule has 0 atom stereocenters. The second-order valence-corrected chi connectivity index (χ2v) is 4.96. The number of benzene rings is 1. The van der Waals surface area contributed by atoms with Gasteiger partial charge in [-0.2, -0.15) is 0 Å². The van der Waals surface area contributed by atoms with Gasteiger partial charge in [0, 0.05) is 17.8 Å². The van der Waals surface area contributed by atoms with E-state index >= 15 is 0 Å². The first-order valence-electron chi connectivity index (χ1n) is 6.42. The average molecular weight is 319 g/mol. The molecule has 1 amide bonds. The quantitative estimate of drug-likeness (QED) is 0.695. The number of fused-ring (bicyclic) bond motifs is 1. The number of pyridine rings is 1. The van der Waals surface area contributed by atoms with Crippen LogP contribution >= 0.6 is 11.6 Å². The second-order valence-electron chi connectivity index (χ2n) is 4.60. The molecule has 0 unspecified atom stereocenters. The van der Waals surface area contributed by atoms with Crippen LogP contribution < -0.4 is 14.8 Å². The highest BCUT2D eigenvalue weighted by Gasteiger charge is 2.21. The summed E-state index contributed by atoms with van der Waals surface area (Å²) in [6, 6.07) is 6.25. The Kier molecular flexibility index (Phi) is 3.68. The number of anilines is 1. The third-order valence-corrected chi connectivity index (χ3v) is 3.45. The van der Waals surface area contributed by atoms with Gasteiger partial charge in [0.15, 0.2) is 17.3 Å². The summed E-state index contributed by atoms with van der Waals surface area (Å²) >= 11 is 5.90. The van der Waals surface area contributed by atoms with Crippen molar-refractivity contribution >= 4 is 29.0 Å². The molecule has 2 heterocycles. The molecule has 0 radical (unpaired) electrons. The highest BCUT2D eigenvalue weighted by molar-refractivity contribution is 6.33. The molecule has 0 fully saturated rings. The van der Waals surface area contributed by atoms with Crippen molar-refractivity contribution in [3.8, 4) is 11.5 Å². The number of carbonyl (C=O) groups is 2. The summed E-state index contributed by atoms with van der Waals surface area (Å²) in [4.78, 5) is 27.9. The van der Waals surface area contributed by atoms with Crippen LogP contribution in [0.5, 0.6) is 11.5 Å². The van der Waals surface area contributed by atoms with Crippen molar-refractivity contribution in [1.82, 2.24) is 4.98 Å². The van der Waals surface area contributed by atoms with E-state index in [1.165, 1.54) is 13.1 Å². The predicted octanol–water partition coefficient (Wildman–Crippen LogP) is 2.92. The maximum Gasteiger partial charge on any atom is 0.258 e. The molecular formula is C15H11ClN2O4. The summed E-state index contributed by atoms with van der Waals surface area (Å²) in [5.74, 6) is 0.283. The monoisotopic (exact) mass is 318 g/mol. The van der Waals surface area contributed by atoms with Gasteiger partial charge in [0.1, 0.15) is 5.15 Å². The molecule has 0 saturated carbocycles. The highest BCUT2D eigenvalue weighted by atomic mass is 35.5. The first kappa shape index (κ1) is 14.3. The number of rotatable bonds is 3. The van der Waals surface area contributed by atoms with Crippen LogP contribution in [0.15, 0.2) is 30.5 Å². The first-order chi connectivity index (χ1) is 10.6. The smallest absolute Gasteiger partial charge is 0.258 e. The SMILES string of the molecule is CC(=O)c1cc2c(cc1NC(=O)c1cccnc1Cl)OCO2. The largest absolute Gasteiger partial charge is 0.454 e. The van der Waals surface area contributed by atoms with Crippen molar-refractivity contribution in [2.75, 3.05) is 12.1 Å². The fourth-order valence-corrected chi connectivity index (χ4v) is 2.29. The van der Waals surface area contributed by atoms with Crippen LogP contribution in [-0.2, 0) is 0 Å². The van der Waals surface area contributed by atoms with Crippen molar-refractivity contribution in [2.24, 2.45) is 0 Å². The molecule has 0 bridgehead atoms. The predicted molar refractivity (Wildman–Crippen MR) is 79.8 cm³/mol. The second kappa shape index (κ2) is 5.65.